The zero-order valence-electron chi connectivity index (χ0n) is 3.31. The van der Waals surface area contributed by atoms with E-state index in [9.17, 15) is 0 Å². The van der Waals surface area contributed by atoms with Gasteiger partial charge in [0.1, 0.15) is 0 Å². The quantitative estimate of drug-likeness (QED) is 0.273. The van der Waals surface area contributed by atoms with Crippen LogP contribution >= 0.6 is 0 Å². The summed E-state index contributed by atoms with van der Waals surface area (Å²) in [5.41, 5.74) is 0. The molecule has 0 aliphatic heterocycles. The van der Waals surface area contributed by atoms with Gasteiger partial charge in [0.05, 0.1) is 0 Å². The Morgan fingerprint density at radius 1 is 2.00 bits per heavy atom. The van der Waals surface area contributed by atoms with Crippen LogP contribution in [0.4, 0.5) is 0 Å². The van der Waals surface area contributed by atoms with Crippen molar-refractivity contribution in [2.45, 2.75) is 0 Å². The van der Waals surface area contributed by atoms with Gasteiger partial charge in [-0.3, -0.25) is 0 Å². The van der Waals surface area contributed by atoms with Crippen molar-refractivity contribution >= 4 is 0 Å². The van der Waals surface area contributed by atoms with E-state index in [-0.39, 0.29) is 6.61 Å². The molecule has 0 saturated heterocycles. The fourth-order valence-electron chi connectivity index (χ4n) is 0.0929. The van der Waals surface area contributed by atoms with Gasteiger partial charge in [0.15, 0.2) is 0 Å². The molecule has 0 bridgehead atoms. The van der Waals surface area contributed by atoms with Crippen LogP contribution in [0.15, 0.2) is 12.7 Å². The molecule has 0 radical (unpaired) electrons. The Morgan fingerprint density at radius 3 is 2.83 bits per heavy atom. The van der Waals surface area contributed by atoms with Gasteiger partial charge in [-0.05, 0) is 0 Å². The summed E-state index contributed by atoms with van der Waals surface area (Å²) in [6, 6.07) is 0. The van der Waals surface area contributed by atoms with E-state index in [4.69, 9.17) is 4.65 Å². The maximum absolute atomic E-state index is 9.17. The van der Waals surface area contributed by atoms with Gasteiger partial charge in [-0.25, -0.2) is 0 Å². The van der Waals surface area contributed by atoms with E-state index in [2.05, 4.69) is 11.3 Å². The molecule has 2 heteroatoms. The van der Waals surface area contributed by atoms with Gasteiger partial charge >= 0.3 is 35.0 Å². The zero-order chi connectivity index (χ0) is 4.83. The summed E-state index contributed by atoms with van der Waals surface area (Å²) in [6.07, 6.45) is 2.72. The van der Waals surface area contributed by atoms with Gasteiger partial charge in [-0.2, -0.15) is 0 Å². The van der Waals surface area contributed by atoms with E-state index >= 15 is 0 Å². The van der Waals surface area contributed by atoms with Crippen molar-refractivity contribution in [1.82, 2.24) is 0 Å². The van der Waals surface area contributed by atoms with E-state index in [0.717, 1.165) is 0 Å². The van der Waals surface area contributed by atoms with Crippen LogP contribution in [0.1, 0.15) is 0 Å². The summed E-state index contributed by atoms with van der Waals surface area (Å²) in [4.78, 5) is 0. The normalized spacial score (nSPS) is 5.83. The van der Waals surface area contributed by atoms with Gasteiger partial charge in [-0.1, -0.05) is 0 Å². The van der Waals surface area contributed by atoms with Gasteiger partial charge < -0.3 is 0 Å². The SMILES string of the molecule is C=CCOC#[O+]. The van der Waals surface area contributed by atoms with Crippen molar-refractivity contribution in [2.75, 3.05) is 6.61 Å². The molecule has 0 aliphatic carbocycles. The van der Waals surface area contributed by atoms with Gasteiger partial charge in [0.2, 0.25) is 0 Å². The summed E-state index contributed by atoms with van der Waals surface area (Å²) in [5.74, 6) is 0. The van der Waals surface area contributed by atoms with E-state index in [1.165, 1.54) is 12.4 Å². The Labute approximate surface area is 36.1 Å². The third-order valence-electron chi connectivity index (χ3n) is 0.260. The fraction of sp³-hybridized carbons (Fsp3) is 0.250. The van der Waals surface area contributed by atoms with Crippen molar-refractivity contribution in [2.24, 2.45) is 0 Å². The number of rotatable bonds is 2. The Morgan fingerprint density at radius 2 is 2.67 bits per heavy atom. The topological polar surface area (TPSA) is 29.1 Å². The van der Waals surface area contributed by atoms with Gasteiger partial charge in [0, 0.05) is 0 Å². The summed E-state index contributed by atoms with van der Waals surface area (Å²) < 4.78 is 13.2. The Balaban J connectivity index is 2.72. The second-order valence-corrected chi connectivity index (χ2v) is 0.683. The molecular formula is C4H5O2+. The molecule has 2 nitrogen and oxygen atoms in total. The molecule has 0 aliphatic rings. The van der Waals surface area contributed by atoms with E-state index in [1.54, 1.807) is 0 Å². The van der Waals surface area contributed by atoms with Gasteiger partial charge in [-0.15, -0.1) is 0 Å². The van der Waals surface area contributed by atoms with E-state index < -0.39 is 0 Å². The van der Waals surface area contributed by atoms with Crippen LogP contribution in [0.3, 0.4) is 0 Å². The number of hydrogen-bond donors (Lipinski definition) is 0. The minimum absolute atomic E-state index is 0.253. The molecule has 0 aromatic rings. The molecule has 0 fully saturated rings. The molecule has 0 heterocycles. The van der Waals surface area contributed by atoms with Crippen LogP contribution < -0.4 is 0 Å². The monoisotopic (exact) mass is 85.0 g/mol. The average molecular weight is 85.1 g/mol. The number of hydrogen-bond acceptors (Lipinski definition) is 1. The van der Waals surface area contributed by atoms with Crippen LogP contribution in [-0.2, 0) is 9.39 Å². The van der Waals surface area contributed by atoms with Crippen molar-refractivity contribution in [3.05, 3.63) is 12.7 Å². The van der Waals surface area contributed by atoms with Crippen LogP contribution in [0.5, 0.6) is 0 Å². The first-order chi connectivity index (χ1) is 2.91. The predicted octanol–water partition coefficient (Wildman–Crippen LogP) is 0.536. The molecule has 32 valence electrons. The Kier molecular flexibility index (Phi) is 3.77. The second kappa shape index (κ2) is 4.28. The summed E-state index contributed by atoms with van der Waals surface area (Å²) in [6.45, 7) is 3.55. The van der Waals surface area contributed by atoms with Crippen molar-refractivity contribution < 1.29 is 9.39 Å². The molecular weight excluding hydrogens is 80.0 g/mol. The molecule has 0 spiro atoms. The first kappa shape index (κ1) is 5.28. The first-order valence-corrected chi connectivity index (χ1v) is 1.51. The zero-order valence-corrected chi connectivity index (χ0v) is 3.31. The van der Waals surface area contributed by atoms with Crippen molar-refractivity contribution in [3.8, 4) is 6.33 Å². The van der Waals surface area contributed by atoms with Crippen molar-refractivity contribution in [3.63, 3.8) is 0 Å². The van der Waals surface area contributed by atoms with Gasteiger partial charge in [0.25, 0.3) is 0 Å². The molecule has 0 atom stereocenters. The number of ether oxygens (including phenoxy) is 1. The molecule has 0 N–H and O–H groups in total. The molecule has 0 aromatic heterocycles. The average Bonchev–Trinajstić information content (AvgIpc) is 1.61. The van der Waals surface area contributed by atoms with E-state index in [1.807, 2.05) is 0 Å². The Bertz CT molecular complexity index is 70.1. The van der Waals surface area contributed by atoms with Crippen LogP contribution in [0.2, 0.25) is 0 Å². The molecule has 0 aromatic carbocycles. The third-order valence-corrected chi connectivity index (χ3v) is 0.260. The first-order valence-electron chi connectivity index (χ1n) is 1.51. The second-order valence-electron chi connectivity index (χ2n) is 0.683. The van der Waals surface area contributed by atoms with Crippen LogP contribution in [0.25, 0.3) is 0 Å². The summed E-state index contributed by atoms with van der Waals surface area (Å²) in [5, 5.41) is 0. The maximum atomic E-state index is 9.17. The fourth-order valence-corrected chi connectivity index (χ4v) is 0.0929. The predicted molar refractivity (Wildman–Crippen MR) is 20.7 cm³/mol. The van der Waals surface area contributed by atoms with Crippen LogP contribution in [0, 0.1) is 6.33 Å². The molecule has 0 rings (SSSR count). The molecule has 6 heavy (non-hydrogen) atoms. The Hall–Kier alpha value is -0.720. The standard InChI is InChI=1S/C4H5O2/c1-2-3-6-4-5/h2H,1,3H2/q+1. The van der Waals surface area contributed by atoms with Crippen molar-refractivity contribution in [1.29, 1.82) is 0 Å². The molecule has 0 amide bonds. The minimum atomic E-state index is 0.253. The molecule has 0 saturated carbocycles. The van der Waals surface area contributed by atoms with E-state index in [0.29, 0.717) is 0 Å². The third kappa shape index (κ3) is 3.28. The molecule has 0 unspecified atom stereocenters. The van der Waals surface area contributed by atoms with Crippen LogP contribution in [-0.4, -0.2) is 6.61 Å². The summed E-state index contributed by atoms with van der Waals surface area (Å²) in [7, 11) is 0. The summed E-state index contributed by atoms with van der Waals surface area (Å²) >= 11 is 0.